The van der Waals surface area contributed by atoms with E-state index in [1.165, 1.54) is 6.42 Å². The lowest BCUT2D eigenvalue weighted by Crippen LogP contribution is -2.38. The van der Waals surface area contributed by atoms with Crippen LogP contribution in [0.3, 0.4) is 0 Å². The summed E-state index contributed by atoms with van der Waals surface area (Å²) in [6.07, 6.45) is 3.56. The Morgan fingerprint density at radius 1 is 1.56 bits per heavy atom. The lowest BCUT2D eigenvalue weighted by atomic mass is 9.94. The minimum Gasteiger partial charge on any atom is -0.339 e. The number of hydrogen-bond acceptors (Lipinski definition) is 2. The number of hydrogen-bond donors (Lipinski definition) is 0. The summed E-state index contributed by atoms with van der Waals surface area (Å²) >= 11 is 4.96. The van der Waals surface area contributed by atoms with Gasteiger partial charge in [0, 0.05) is 18.5 Å². The van der Waals surface area contributed by atoms with Crippen molar-refractivity contribution in [3.8, 4) is 0 Å². The number of likely N-dealkylation sites (tertiary alicyclic amines) is 1. The second kappa shape index (κ2) is 5.32. The molecule has 0 radical (unpaired) electrons. The summed E-state index contributed by atoms with van der Waals surface area (Å²) in [5.41, 5.74) is 0.826. The van der Waals surface area contributed by atoms with Gasteiger partial charge >= 0.3 is 0 Å². The molecule has 0 spiro atoms. The van der Waals surface area contributed by atoms with Crippen molar-refractivity contribution in [1.29, 1.82) is 0 Å². The van der Waals surface area contributed by atoms with Crippen molar-refractivity contribution in [1.82, 2.24) is 4.90 Å². The highest BCUT2D eigenvalue weighted by Crippen LogP contribution is 2.25. The van der Waals surface area contributed by atoms with Gasteiger partial charge in [0.05, 0.1) is 9.35 Å². The maximum absolute atomic E-state index is 12.1. The number of rotatable bonds is 2. The van der Waals surface area contributed by atoms with Crippen LogP contribution in [0.25, 0.3) is 0 Å². The maximum atomic E-state index is 12.1. The third-order valence-corrected chi connectivity index (χ3v) is 4.80. The van der Waals surface area contributed by atoms with Crippen LogP contribution < -0.4 is 0 Å². The first-order chi connectivity index (χ1) is 7.70. The Hall–Kier alpha value is -0.350. The molecule has 0 saturated carbocycles. The average Bonchev–Trinajstić information content (AvgIpc) is 2.75. The normalized spacial score (nSPS) is 17.8. The van der Waals surface area contributed by atoms with E-state index in [0.717, 1.165) is 41.2 Å². The zero-order chi connectivity index (χ0) is 11.5. The summed E-state index contributed by atoms with van der Waals surface area (Å²) in [5, 5.41) is 1.93. The Bertz CT molecular complexity index is 369. The summed E-state index contributed by atoms with van der Waals surface area (Å²) in [4.78, 5) is 14.1. The first kappa shape index (κ1) is 12.1. The van der Waals surface area contributed by atoms with Crippen LogP contribution in [-0.2, 0) is 0 Å². The highest BCUT2D eigenvalue weighted by atomic mass is 79.9. The number of carbonyl (C=O) groups excluding carboxylic acids is 1. The van der Waals surface area contributed by atoms with E-state index in [1.54, 1.807) is 11.3 Å². The van der Waals surface area contributed by atoms with Gasteiger partial charge in [0.1, 0.15) is 0 Å². The van der Waals surface area contributed by atoms with Gasteiger partial charge < -0.3 is 4.90 Å². The lowest BCUT2D eigenvalue weighted by Gasteiger charge is -2.31. The highest BCUT2D eigenvalue weighted by molar-refractivity contribution is 9.11. The van der Waals surface area contributed by atoms with Crippen LogP contribution in [0.15, 0.2) is 15.2 Å². The summed E-state index contributed by atoms with van der Waals surface area (Å²) < 4.78 is 1.03. The Morgan fingerprint density at radius 3 is 2.75 bits per heavy atom. The van der Waals surface area contributed by atoms with Crippen molar-refractivity contribution in [2.75, 3.05) is 13.1 Å². The molecule has 1 aliphatic heterocycles. The van der Waals surface area contributed by atoms with Crippen molar-refractivity contribution < 1.29 is 4.79 Å². The van der Waals surface area contributed by atoms with Crippen LogP contribution in [0.2, 0.25) is 0 Å². The second-order valence-electron chi connectivity index (χ2n) is 4.28. The maximum Gasteiger partial charge on any atom is 0.254 e. The standard InChI is InChI=1S/C12H16BrNOS/c1-2-9-3-5-14(6-4-9)12(15)10-7-11(13)16-8-10/h7-9H,2-6H2,1H3. The first-order valence-corrected chi connectivity index (χ1v) is 7.41. The van der Waals surface area contributed by atoms with Gasteiger partial charge in [-0.05, 0) is 40.8 Å². The molecule has 1 aromatic rings. The smallest absolute Gasteiger partial charge is 0.254 e. The third-order valence-electron chi connectivity index (χ3n) is 3.29. The Kier molecular flexibility index (Phi) is 4.03. The van der Waals surface area contributed by atoms with Gasteiger partial charge in [0.15, 0.2) is 0 Å². The molecule has 4 heteroatoms. The molecule has 0 aromatic carbocycles. The molecule has 2 nitrogen and oxygen atoms in total. The molecule has 2 heterocycles. The molecule has 0 unspecified atom stereocenters. The number of halogens is 1. The fourth-order valence-electron chi connectivity index (χ4n) is 2.15. The fraction of sp³-hybridized carbons (Fsp3) is 0.583. The van der Waals surface area contributed by atoms with Gasteiger partial charge in [-0.2, -0.15) is 0 Å². The van der Waals surface area contributed by atoms with Crippen LogP contribution in [0.5, 0.6) is 0 Å². The van der Waals surface area contributed by atoms with Gasteiger partial charge in [-0.25, -0.2) is 0 Å². The molecular formula is C12H16BrNOS. The van der Waals surface area contributed by atoms with E-state index in [0.29, 0.717) is 0 Å². The van der Waals surface area contributed by atoms with E-state index in [9.17, 15) is 4.79 Å². The summed E-state index contributed by atoms with van der Waals surface area (Å²) in [5.74, 6) is 1.01. The highest BCUT2D eigenvalue weighted by Gasteiger charge is 2.23. The van der Waals surface area contributed by atoms with E-state index in [2.05, 4.69) is 22.9 Å². The van der Waals surface area contributed by atoms with Gasteiger partial charge in [0.25, 0.3) is 5.91 Å². The number of nitrogens with zero attached hydrogens (tertiary/aromatic N) is 1. The first-order valence-electron chi connectivity index (χ1n) is 5.74. The average molecular weight is 302 g/mol. The van der Waals surface area contributed by atoms with E-state index < -0.39 is 0 Å². The van der Waals surface area contributed by atoms with Crippen molar-refractivity contribution >= 4 is 33.2 Å². The van der Waals surface area contributed by atoms with Crippen molar-refractivity contribution in [2.45, 2.75) is 26.2 Å². The molecule has 0 aliphatic carbocycles. The molecule has 1 aromatic heterocycles. The van der Waals surface area contributed by atoms with Gasteiger partial charge in [-0.3, -0.25) is 4.79 Å². The monoisotopic (exact) mass is 301 g/mol. The molecule has 0 N–H and O–H groups in total. The minimum atomic E-state index is 0.191. The van der Waals surface area contributed by atoms with Crippen molar-refractivity contribution in [3.63, 3.8) is 0 Å². The number of amides is 1. The Labute approximate surface area is 109 Å². The molecule has 1 amide bonds. The SMILES string of the molecule is CCC1CCN(C(=O)c2csc(Br)c2)CC1. The second-order valence-corrected chi connectivity index (χ2v) is 6.57. The molecule has 1 saturated heterocycles. The molecule has 0 bridgehead atoms. The van der Waals surface area contributed by atoms with Crippen LogP contribution >= 0.6 is 27.3 Å². The summed E-state index contributed by atoms with van der Waals surface area (Å²) in [6, 6.07) is 1.92. The van der Waals surface area contributed by atoms with Crippen molar-refractivity contribution in [2.24, 2.45) is 5.92 Å². The predicted molar refractivity (Wildman–Crippen MR) is 70.9 cm³/mol. The van der Waals surface area contributed by atoms with E-state index >= 15 is 0 Å². The topological polar surface area (TPSA) is 20.3 Å². The number of piperidine rings is 1. The molecule has 1 fully saturated rings. The van der Waals surface area contributed by atoms with E-state index in [1.807, 2.05) is 16.3 Å². The van der Waals surface area contributed by atoms with Gasteiger partial charge in [-0.15, -0.1) is 11.3 Å². The number of thiophene rings is 1. The number of carbonyl (C=O) groups is 1. The Balaban J connectivity index is 1.96. The third kappa shape index (κ3) is 2.66. The van der Waals surface area contributed by atoms with E-state index in [4.69, 9.17) is 0 Å². The van der Waals surface area contributed by atoms with Crippen LogP contribution in [0.4, 0.5) is 0 Å². The zero-order valence-electron chi connectivity index (χ0n) is 9.41. The molecule has 16 heavy (non-hydrogen) atoms. The van der Waals surface area contributed by atoms with Crippen LogP contribution in [0.1, 0.15) is 36.5 Å². The quantitative estimate of drug-likeness (QED) is 0.814. The minimum absolute atomic E-state index is 0.191. The van der Waals surface area contributed by atoms with E-state index in [-0.39, 0.29) is 5.91 Å². The van der Waals surface area contributed by atoms with Gasteiger partial charge in [0.2, 0.25) is 0 Å². The van der Waals surface area contributed by atoms with Crippen molar-refractivity contribution in [3.05, 3.63) is 20.8 Å². The zero-order valence-corrected chi connectivity index (χ0v) is 11.8. The molecule has 0 atom stereocenters. The predicted octanol–water partition coefficient (Wildman–Crippen LogP) is 3.77. The lowest BCUT2D eigenvalue weighted by molar-refractivity contribution is 0.0689. The van der Waals surface area contributed by atoms with Crippen LogP contribution in [0, 0.1) is 5.92 Å². The molecular weight excluding hydrogens is 286 g/mol. The fourth-order valence-corrected chi connectivity index (χ4v) is 3.28. The molecule has 2 rings (SSSR count). The molecule has 1 aliphatic rings. The van der Waals surface area contributed by atoms with Gasteiger partial charge in [-0.1, -0.05) is 13.3 Å². The molecule has 88 valence electrons. The summed E-state index contributed by atoms with van der Waals surface area (Å²) in [6.45, 7) is 4.08. The largest absolute Gasteiger partial charge is 0.339 e. The van der Waals surface area contributed by atoms with Crippen LogP contribution in [-0.4, -0.2) is 23.9 Å². The Morgan fingerprint density at radius 2 is 2.25 bits per heavy atom. The summed E-state index contributed by atoms with van der Waals surface area (Å²) in [7, 11) is 0.